The predicted molar refractivity (Wildman–Crippen MR) is 279 cm³/mol. The van der Waals surface area contributed by atoms with Crippen molar-refractivity contribution in [3.63, 3.8) is 0 Å². The van der Waals surface area contributed by atoms with Crippen molar-refractivity contribution in [1.29, 1.82) is 0 Å². The van der Waals surface area contributed by atoms with Crippen molar-refractivity contribution in [2.75, 3.05) is 13.2 Å². The zero-order chi connectivity index (χ0) is 47.2. The Hall–Kier alpha value is -4.19. The van der Waals surface area contributed by atoms with Crippen molar-refractivity contribution < 1.29 is 28.6 Å². The zero-order valence-electron chi connectivity index (χ0n) is 41.7. The summed E-state index contributed by atoms with van der Waals surface area (Å²) < 4.78 is 16.7. The van der Waals surface area contributed by atoms with E-state index >= 15 is 0 Å². The largest absolute Gasteiger partial charge is 0.462 e. The van der Waals surface area contributed by atoms with Gasteiger partial charge >= 0.3 is 17.9 Å². The number of ether oxygens (including phenoxy) is 3. The van der Waals surface area contributed by atoms with Crippen LogP contribution in [0.1, 0.15) is 213 Å². The summed E-state index contributed by atoms with van der Waals surface area (Å²) in [7, 11) is 0. The number of unbranched alkanes of at least 4 members (excludes halogenated alkanes) is 21. The monoisotopic (exact) mass is 899 g/mol. The number of carbonyl (C=O) groups excluding carboxylic acids is 3. The third kappa shape index (κ3) is 50.7. The molecule has 0 N–H and O–H groups in total. The maximum absolute atomic E-state index is 12.8. The molecule has 0 aromatic carbocycles. The van der Waals surface area contributed by atoms with Gasteiger partial charge in [-0.2, -0.15) is 0 Å². The molecule has 0 rings (SSSR count). The molecule has 0 aromatic heterocycles. The molecule has 0 saturated heterocycles. The van der Waals surface area contributed by atoms with E-state index < -0.39 is 6.10 Å². The quantitative estimate of drug-likeness (QED) is 0.0199. The van der Waals surface area contributed by atoms with Gasteiger partial charge in [0.2, 0.25) is 0 Å². The Bertz CT molecular complexity index is 1400. The second-order valence-electron chi connectivity index (χ2n) is 16.9. The summed E-state index contributed by atoms with van der Waals surface area (Å²) in [5.74, 6) is -0.988. The number of carbonyl (C=O) groups is 3. The first-order chi connectivity index (χ1) is 32.0. The fourth-order valence-corrected chi connectivity index (χ4v) is 6.71. The number of hydrogen-bond donors (Lipinski definition) is 0. The van der Waals surface area contributed by atoms with E-state index in [9.17, 15) is 14.4 Å². The summed E-state index contributed by atoms with van der Waals surface area (Å²) in [6.07, 6.45) is 71.7. The number of allylic oxidation sites excluding steroid dienone is 20. The average Bonchev–Trinajstić information content (AvgIpc) is 3.30. The second-order valence-corrected chi connectivity index (χ2v) is 16.9. The third-order valence-electron chi connectivity index (χ3n) is 10.6. The Morgan fingerprint density at radius 2 is 0.646 bits per heavy atom. The molecule has 1 atom stereocenters. The summed E-state index contributed by atoms with van der Waals surface area (Å²) >= 11 is 0. The van der Waals surface area contributed by atoms with Gasteiger partial charge in [-0.05, 0) is 83.5 Å². The van der Waals surface area contributed by atoms with Crippen LogP contribution in [0.2, 0.25) is 0 Å². The van der Waals surface area contributed by atoms with Gasteiger partial charge in [0.25, 0.3) is 0 Å². The minimum Gasteiger partial charge on any atom is -0.462 e. The predicted octanol–water partition coefficient (Wildman–Crippen LogP) is 17.3. The Labute approximate surface area is 399 Å². The fourth-order valence-electron chi connectivity index (χ4n) is 6.71. The maximum atomic E-state index is 12.8. The lowest BCUT2D eigenvalue weighted by molar-refractivity contribution is -0.167. The number of hydrogen-bond acceptors (Lipinski definition) is 6. The molecule has 0 radical (unpaired) electrons. The minimum absolute atomic E-state index is 0.111. The van der Waals surface area contributed by atoms with E-state index in [0.717, 1.165) is 109 Å². The van der Waals surface area contributed by atoms with Crippen molar-refractivity contribution in [1.82, 2.24) is 0 Å². The molecule has 1 unspecified atom stereocenters. The Balaban J connectivity index is 4.52. The highest BCUT2D eigenvalue weighted by molar-refractivity contribution is 5.71. The molecule has 6 heteroatoms. The summed E-state index contributed by atoms with van der Waals surface area (Å²) in [6, 6.07) is 0. The summed E-state index contributed by atoms with van der Waals surface area (Å²) in [5.41, 5.74) is 0. The molecule has 0 fully saturated rings. The summed E-state index contributed by atoms with van der Waals surface area (Å²) in [6.45, 7) is 6.33. The number of rotatable bonds is 45. The van der Waals surface area contributed by atoms with Gasteiger partial charge in [-0.1, -0.05) is 232 Å². The van der Waals surface area contributed by atoms with Gasteiger partial charge < -0.3 is 14.2 Å². The van der Waals surface area contributed by atoms with Crippen LogP contribution in [-0.2, 0) is 28.6 Å². The molecule has 0 spiro atoms. The lowest BCUT2D eigenvalue weighted by Gasteiger charge is -2.18. The molecule has 0 aliphatic heterocycles. The van der Waals surface area contributed by atoms with Gasteiger partial charge in [0, 0.05) is 19.3 Å². The standard InChI is InChI=1S/C59H94O6/c1-4-7-10-13-16-19-22-25-27-29-30-32-34-37-40-43-46-49-52-58(61)64-55-56(54-63-57(60)51-48-45-42-39-36-33-24-21-18-15-12-9-6-3)65-59(62)53-50-47-44-41-38-35-31-28-26-23-20-17-14-11-8-5-2/h9-10,12-13,15-16,18-19,21-22,24-25,27-33,36,56H,4-8,11,14,17,20,23,26,34-35,37-55H2,1-3H3/b12-9+,13-10+,18-15+,19-16+,24-21+,25-22+,29-27+,31-28+,32-30+,36-33+. The van der Waals surface area contributed by atoms with Crippen molar-refractivity contribution in [3.8, 4) is 0 Å². The molecular weight excluding hydrogens is 805 g/mol. The molecular formula is C59H94O6. The van der Waals surface area contributed by atoms with Gasteiger partial charge in [0.15, 0.2) is 6.10 Å². The molecule has 0 saturated carbocycles. The van der Waals surface area contributed by atoms with E-state index in [1.165, 1.54) is 64.2 Å². The van der Waals surface area contributed by atoms with Crippen LogP contribution in [0.25, 0.3) is 0 Å². The van der Waals surface area contributed by atoms with Crippen molar-refractivity contribution in [3.05, 3.63) is 122 Å². The highest BCUT2D eigenvalue weighted by atomic mass is 16.6. The molecule has 6 nitrogen and oxygen atoms in total. The Morgan fingerprint density at radius 3 is 1.06 bits per heavy atom. The van der Waals surface area contributed by atoms with Gasteiger partial charge in [-0.3, -0.25) is 14.4 Å². The van der Waals surface area contributed by atoms with Gasteiger partial charge in [0.1, 0.15) is 13.2 Å². The van der Waals surface area contributed by atoms with Crippen LogP contribution < -0.4 is 0 Å². The fraction of sp³-hybridized carbons (Fsp3) is 0.610. The third-order valence-corrected chi connectivity index (χ3v) is 10.6. The molecule has 0 aliphatic carbocycles. The lowest BCUT2D eigenvalue weighted by Crippen LogP contribution is -2.30. The average molecular weight is 899 g/mol. The van der Waals surface area contributed by atoms with E-state index in [1.807, 2.05) is 72.9 Å². The zero-order valence-corrected chi connectivity index (χ0v) is 41.7. The Kier molecular flexibility index (Phi) is 49.1. The van der Waals surface area contributed by atoms with E-state index in [-0.39, 0.29) is 31.1 Å². The van der Waals surface area contributed by atoms with Crippen molar-refractivity contribution >= 4 is 17.9 Å². The number of esters is 3. The van der Waals surface area contributed by atoms with E-state index in [4.69, 9.17) is 14.2 Å². The highest BCUT2D eigenvalue weighted by Crippen LogP contribution is 2.13. The van der Waals surface area contributed by atoms with E-state index in [0.29, 0.717) is 19.3 Å². The second kappa shape index (κ2) is 52.4. The minimum atomic E-state index is -0.813. The van der Waals surface area contributed by atoms with Gasteiger partial charge in [-0.25, -0.2) is 0 Å². The molecule has 366 valence electrons. The molecule has 65 heavy (non-hydrogen) atoms. The molecule has 0 aromatic rings. The lowest BCUT2D eigenvalue weighted by atomic mass is 10.1. The topological polar surface area (TPSA) is 78.9 Å². The van der Waals surface area contributed by atoms with Crippen LogP contribution >= 0.6 is 0 Å². The smallest absolute Gasteiger partial charge is 0.306 e. The molecule has 0 heterocycles. The van der Waals surface area contributed by atoms with Crippen LogP contribution in [0.3, 0.4) is 0 Å². The van der Waals surface area contributed by atoms with E-state index in [2.05, 4.69) is 69.4 Å². The highest BCUT2D eigenvalue weighted by Gasteiger charge is 2.19. The molecule has 0 amide bonds. The summed E-state index contributed by atoms with van der Waals surface area (Å²) in [4.78, 5) is 38.0. The Morgan fingerprint density at radius 1 is 0.323 bits per heavy atom. The van der Waals surface area contributed by atoms with Gasteiger partial charge in [0.05, 0.1) is 0 Å². The van der Waals surface area contributed by atoms with Crippen molar-refractivity contribution in [2.24, 2.45) is 0 Å². The SMILES string of the molecule is CC/C=C/C=C/C=C/C=C/CCCCCC(=O)OCC(COC(=O)CCCCCCC/C=C/C=C/C=C/C=C/C=C/CCC)OC(=O)CCCCCCC/C=C/CCCCCCCCC. The summed E-state index contributed by atoms with van der Waals surface area (Å²) in [5, 5.41) is 0. The van der Waals surface area contributed by atoms with Crippen LogP contribution in [0.4, 0.5) is 0 Å². The maximum Gasteiger partial charge on any atom is 0.306 e. The van der Waals surface area contributed by atoms with Crippen LogP contribution in [-0.4, -0.2) is 37.2 Å². The van der Waals surface area contributed by atoms with Crippen LogP contribution in [0, 0.1) is 0 Å². The first-order valence-corrected chi connectivity index (χ1v) is 26.2. The normalized spacial score (nSPS) is 13.1. The molecule has 0 aliphatic rings. The van der Waals surface area contributed by atoms with Crippen LogP contribution in [0.15, 0.2) is 122 Å². The van der Waals surface area contributed by atoms with Gasteiger partial charge in [-0.15, -0.1) is 0 Å². The molecule has 0 bridgehead atoms. The van der Waals surface area contributed by atoms with Crippen molar-refractivity contribution in [2.45, 2.75) is 219 Å². The first kappa shape index (κ1) is 60.8. The first-order valence-electron chi connectivity index (χ1n) is 26.2. The van der Waals surface area contributed by atoms with Crippen LogP contribution in [0.5, 0.6) is 0 Å². The van der Waals surface area contributed by atoms with E-state index in [1.54, 1.807) is 0 Å².